The zero-order valence-electron chi connectivity index (χ0n) is 10.8. The van der Waals surface area contributed by atoms with Crippen LogP contribution in [0.2, 0.25) is 10.0 Å². The third-order valence-corrected chi connectivity index (χ3v) is 3.62. The van der Waals surface area contributed by atoms with Crippen LogP contribution in [0, 0.1) is 0 Å². The van der Waals surface area contributed by atoms with E-state index >= 15 is 0 Å². The number of halogens is 2. The van der Waals surface area contributed by atoms with E-state index in [-0.39, 0.29) is 18.2 Å². The molecule has 1 aromatic carbocycles. The number of rotatable bonds is 1. The quantitative estimate of drug-likeness (QED) is 0.860. The number of ether oxygens (including phenoxy) is 1. The van der Waals surface area contributed by atoms with Gasteiger partial charge < -0.3 is 15.0 Å². The first-order valence-electron chi connectivity index (χ1n) is 6.12. The molecule has 0 radical (unpaired) electrons. The number of hydrogen-bond acceptors (Lipinski definition) is 2. The first kappa shape index (κ1) is 14.4. The SMILES string of the molecule is CC1CN(C(=O)Nc2ccc(Cl)c(Cl)c2)CC(C)O1. The Morgan fingerprint density at radius 2 is 1.89 bits per heavy atom. The fourth-order valence-corrected chi connectivity index (χ4v) is 2.42. The Bertz CT molecular complexity index is 472. The fraction of sp³-hybridized carbons (Fsp3) is 0.462. The van der Waals surface area contributed by atoms with Crippen molar-refractivity contribution < 1.29 is 9.53 Å². The van der Waals surface area contributed by atoms with Crippen LogP contribution < -0.4 is 5.32 Å². The number of nitrogens with one attached hydrogen (secondary N) is 1. The van der Waals surface area contributed by atoms with Gasteiger partial charge in [-0.25, -0.2) is 4.79 Å². The highest BCUT2D eigenvalue weighted by atomic mass is 35.5. The van der Waals surface area contributed by atoms with E-state index in [0.717, 1.165) is 0 Å². The van der Waals surface area contributed by atoms with Crippen LogP contribution in [0.3, 0.4) is 0 Å². The highest BCUT2D eigenvalue weighted by Crippen LogP contribution is 2.25. The molecule has 19 heavy (non-hydrogen) atoms. The molecule has 1 N–H and O–H groups in total. The summed E-state index contributed by atoms with van der Waals surface area (Å²) in [5.74, 6) is 0. The van der Waals surface area contributed by atoms with E-state index in [1.165, 1.54) is 0 Å². The van der Waals surface area contributed by atoms with Crippen LogP contribution in [0.25, 0.3) is 0 Å². The van der Waals surface area contributed by atoms with Crippen LogP contribution in [-0.2, 0) is 4.74 Å². The third-order valence-electron chi connectivity index (χ3n) is 2.88. The lowest BCUT2D eigenvalue weighted by Crippen LogP contribution is -2.49. The molecule has 1 saturated heterocycles. The van der Waals surface area contributed by atoms with Crippen LogP contribution in [0.15, 0.2) is 18.2 Å². The van der Waals surface area contributed by atoms with Gasteiger partial charge >= 0.3 is 6.03 Å². The maximum Gasteiger partial charge on any atom is 0.322 e. The van der Waals surface area contributed by atoms with E-state index in [2.05, 4.69) is 5.32 Å². The van der Waals surface area contributed by atoms with Gasteiger partial charge in [0, 0.05) is 18.8 Å². The van der Waals surface area contributed by atoms with Crippen LogP contribution in [0.1, 0.15) is 13.8 Å². The number of carbonyl (C=O) groups excluding carboxylic acids is 1. The number of hydrogen-bond donors (Lipinski definition) is 1. The number of nitrogens with zero attached hydrogens (tertiary/aromatic N) is 1. The molecule has 1 aromatic rings. The molecule has 1 aliphatic rings. The molecule has 0 spiro atoms. The van der Waals surface area contributed by atoms with Crippen LogP contribution in [0.5, 0.6) is 0 Å². The van der Waals surface area contributed by atoms with Gasteiger partial charge in [-0.05, 0) is 32.0 Å². The minimum absolute atomic E-state index is 0.0447. The van der Waals surface area contributed by atoms with Crippen molar-refractivity contribution in [2.24, 2.45) is 0 Å². The van der Waals surface area contributed by atoms with Crippen molar-refractivity contribution >= 4 is 34.9 Å². The maximum atomic E-state index is 12.1. The van der Waals surface area contributed by atoms with Crippen molar-refractivity contribution in [3.63, 3.8) is 0 Å². The molecule has 1 heterocycles. The second-order valence-electron chi connectivity index (χ2n) is 4.72. The van der Waals surface area contributed by atoms with Gasteiger partial charge in [-0.2, -0.15) is 0 Å². The minimum Gasteiger partial charge on any atom is -0.372 e. The normalized spacial score (nSPS) is 23.3. The Balaban J connectivity index is 2.02. The number of anilines is 1. The average Bonchev–Trinajstić information content (AvgIpc) is 2.32. The monoisotopic (exact) mass is 302 g/mol. The summed E-state index contributed by atoms with van der Waals surface area (Å²) < 4.78 is 5.59. The molecule has 2 rings (SSSR count). The van der Waals surface area contributed by atoms with Crippen LogP contribution in [0.4, 0.5) is 10.5 Å². The van der Waals surface area contributed by atoms with Gasteiger partial charge in [0.25, 0.3) is 0 Å². The zero-order chi connectivity index (χ0) is 14.0. The van der Waals surface area contributed by atoms with Crippen LogP contribution in [-0.4, -0.2) is 36.2 Å². The first-order chi connectivity index (χ1) is 8.95. The van der Waals surface area contributed by atoms with Crippen molar-refractivity contribution in [1.82, 2.24) is 4.90 Å². The summed E-state index contributed by atoms with van der Waals surface area (Å²) in [7, 11) is 0. The van der Waals surface area contributed by atoms with Crippen molar-refractivity contribution in [2.75, 3.05) is 18.4 Å². The van der Waals surface area contributed by atoms with Gasteiger partial charge in [-0.3, -0.25) is 0 Å². The van der Waals surface area contributed by atoms with Gasteiger partial charge in [0.1, 0.15) is 0 Å². The predicted molar refractivity (Wildman–Crippen MR) is 77.1 cm³/mol. The summed E-state index contributed by atoms with van der Waals surface area (Å²) in [4.78, 5) is 13.9. The Hall–Kier alpha value is -0.970. The molecule has 1 fully saturated rings. The summed E-state index contributed by atoms with van der Waals surface area (Å²) in [5, 5.41) is 3.69. The highest BCUT2D eigenvalue weighted by Gasteiger charge is 2.25. The lowest BCUT2D eigenvalue weighted by molar-refractivity contribution is -0.0530. The van der Waals surface area contributed by atoms with Gasteiger partial charge in [0.05, 0.1) is 22.3 Å². The van der Waals surface area contributed by atoms with Crippen molar-refractivity contribution in [3.05, 3.63) is 28.2 Å². The van der Waals surface area contributed by atoms with E-state index in [1.807, 2.05) is 13.8 Å². The summed E-state index contributed by atoms with van der Waals surface area (Å²) >= 11 is 11.7. The highest BCUT2D eigenvalue weighted by molar-refractivity contribution is 6.42. The van der Waals surface area contributed by atoms with E-state index in [0.29, 0.717) is 28.8 Å². The fourth-order valence-electron chi connectivity index (χ4n) is 2.12. The lowest BCUT2D eigenvalue weighted by atomic mass is 10.2. The Morgan fingerprint density at radius 1 is 1.26 bits per heavy atom. The van der Waals surface area contributed by atoms with E-state index in [9.17, 15) is 4.79 Å². The number of amides is 2. The largest absolute Gasteiger partial charge is 0.372 e. The number of benzene rings is 1. The lowest BCUT2D eigenvalue weighted by Gasteiger charge is -2.35. The zero-order valence-corrected chi connectivity index (χ0v) is 12.3. The second kappa shape index (κ2) is 5.99. The van der Waals surface area contributed by atoms with Crippen molar-refractivity contribution in [1.29, 1.82) is 0 Å². The first-order valence-corrected chi connectivity index (χ1v) is 6.87. The number of carbonyl (C=O) groups is 1. The Kier molecular flexibility index (Phi) is 4.55. The smallest absolute Gasteiger partial charge is 0.322 e. The number of morpholine rings is 1. The Labute approximate surface area is 122 Å². The molecule has 2 unspecified atom stereocenters. The molecule has 0 bridgehead atoms. The molecular formula is C13H16Cl2N2O2. The molecule has 104 valence electrons. The van der Waals surface area contributed by atoms with Crippen molar-refractivity contribution in [3.8, 4) is 0 Å². The third kappa shape index (κ3) is 3.75. The summed E-state index contributed by atoms with van der Waals surface area (Å²) in [6.07, 6.45) is 0.0895. The molecular weight excluding hydrogens is 287 g/mol. The topological polar surface area (TPSA) is 41.6 Å². The van der Waals surface area contributed by atoms with Gasteiger partial charge in [0.15, 0.2) is 0 Å². The maximum absolute atomic E-state index is 12.1. The van der Waals surface area contributed by atoms with Gasteiger partial charge in [-0.15, -0.1) is 0 Å². The molecule has 4 nitrogen and oxygen atoms in total. The molecule has 0 aliphatic carbocycles. The molecule has 2 atom stereocenters. The van der Waals surface area contributed by atoms with E-state index in [4.69, 9.17) is 27.9 Å². The van der Waals surface area contributed by atoms with Crippen LogP contribution >= 0.6 is 23.2 Å². The van der Waals surface area contributed by atoms with E-state index < -0.39 is 0 Å². The Morgan fingerprint density at radius 3 is 2.47 bits per heavy atom. The number of urea groups is 1. The van der Waals surface area contributed by atoms with Crippen molar-refractivity contribution in [2.45, 2.75) is 26.1 Å². The molecule has 0 saturated carbocycles. The average molecular weight is 303 g/mol. The predicted octanol–water partition coefficient (Wildman–Crippen LogP) is 3.63. The summed E-state index contributed by atoms with van der Waals surface area (Å²) in [6, 6.07) is 4.86. The van der Waals surface area contributed by atoms with Gasteiger partial charge in [0.2, 0.25) is 0 Å². The minimum atomic E-state index is -0.152. The second-order valence-corrected chi connectivity index (χ2v) is 5.54. The van der Waals surface area contributed by atoms with Gasteiger partial charge in [-0.1, -0.05) is 23.2 Å². The molecule has 6 heteroatoms. The summed E-state index contributed by atoms with van der Waals surface area (Å²) in [6.45, 7) is 5.07. The van der Waals surface area contributed by atoms with E-state index in [1.54, 1.807) is 23.1 Å². The standard InChI is InChI=1S/C13H16Cl2N2O2/c1-8-6-17(7-9(2)19-8)13(18)16-10-3-4-11(14)12(15)5-10/h3-5,8-9H,6-7H2,1-2H3,(H,16,18). The summed E-state index contributed by atoms with van der Waals surface area (Å²) in [5.41, 5.74) is 0.631. The molecule has 2 amide bonds. The molecule has 1 aliphatic heterocycles. The molecule has 0 aromatic heterocycles.